The number of rotatable bonds is 15. The Bertz CT molecular complexity index is 814. The Morgan fingerprint density at radius 1 is 0.973 bits per heavy atom. The van der Waals surface area contributed by atoms with E-state index >= 15 is 0 Å². The quantitative estimate of drug-likeness (QED) is 0.239. The molecule has 0 aromatic rings. The van der Waals surface area contributed by atoms with Gasteiger partial charge in [-0.2, -0.15) is 0 Å². The summed E-state index contributed by atoms with van der Waals surface area (Å²) in [6.45, 7) is 13.0. The fourth-order valence-corrected chi connectivity index (χ4v) is 4.60. The second-order valence-electron chi connectivity index (χ2n) is 11.2. The van der Waals surface area contributed by atoms with Gasteiger partial charge in [-0.05, 0) is 50.4 Å². The van der Waals surface area contributed by atoms with E-state index in [1.165, 1.54) is 11.8 Å². The predicted molar refractivity (Wildman–Crippen MR) is 139 cm³/mol. The zero-order valence-corrected chi connectivity index (χ0v) is 23.5. The summed E-state index contributed by atoms with van der Waals surface area (Å²) in [5, 5.41) is 25.0. The molecule has 0 aromatic carbocycles. The molecule has 10 heteroatoms. The predicted octanol–water partition coefficient (Wildman–Crippen LogP) is 2.13. The topological polar surface area (TPSA) is 153 Å². The number of nitrogens with one attached hydrogen (secondary N) is 2. The molecule has 10 nitrogen and oxygen atoms in total. The summed E-state index contributed by atoms with van der Waals surface area (Å²) in [7, 11) is 0. The SMILES string of the molecule is CC[C@H](C)C[C@@H](O)CC(=O)N[C@H](C(=O)C(C)C(=O)N[C@@H](CC(C)C)C(=O)N1CCC[C@H]1C(=O)O)C(C)C. The fourth-order valence-electron chi connectivity index (χ4n) is 4.60. The van der Waals surface area contributed by atoms with Crippen molar-refractivity contribution in [2.45, 2.75) is 111 Å². The number of aliphatic hydroxyl groups excluding tert-OH is 1. The van der Waals surface area contributed by atoms with Crippen molar-refractivity contribution in [2.75, 3.05) is 6.54 Å². The lowest BCUT2D eigenvalue weighted by Gasteiger charge is -2.29. The number of hydrogen-bond donors (Lipinski definition) is 4. The van der Waals surface area contributed by atoms with Crippen molar-refractivity contribution < 1.29 is 34.2 Å². The molecule has 0 aliphatic carbocycles. The zero-order valence-electron chi connectivity index (χ0n) is 23.5. The molecular formula is C27H47N3O7. The van der Waals surface area contributed by atoms with Crippen LogP contribution in [0.15, 0.2) is 0 Å². The van der Waals surface area contributed by atoms with Crippen molar-refractivity contribution in [3.63, 3.8) is 0 Å². The molecule has 0 aromatic heterocycles. The van der Waals surface area contributed by atoms with Crippen LogP contribution in [0, 0.1) is 23.7 Å². The number of aliphatic hydroxyl groups is 1. The third-order valence-electron chi connectivity index (χ3n) is 7.04. The highest BCUT2D eigenvalue weighted by Crippen LogP contribution is 2.21. The molecule has 212 valence electrons. The van der Waals surface area contributed by atoms with Crippen LogP contribution in [0.4, 0.5) is 0 Å². The summed E-state index contributed by atoms with van der Waals surface area (Å²) in [5.41, 5.74) is 0. The molecule has 1 fully saturated rings. The summed E-state index contributed by atoms with van der Waals surface area (Å²) in [4.78, 5) is 64.9. The van der Waals surface area contributed by atoms with Crippen LogP contribution in [0.2, 0.25) is 0 Å². The van der Waals surface area contributed by atoms with E-state index in [9.17, 15) is 34.2 Å². The highest BCUT2D eigenvalue weighted by atomic mass is 16.4. The molecule has 0 bridgehead atoms. The number of likely N-dealkylation sites (tertiary alicyclic amines) is 1. The van der Waals surface area contributed by atoms with Crippen molar-refractivity contribution in [1.29, 1.82) is 0 Å². The van der Waals surface area contributed by atoms with E-state index in [-0.39, 0.29) is 24.2 Å². The van der Waals surface area contributed by atoms with E-state index in [1.807, 2.05) is 27.7 Å². The van der Waals surface area contributed by atoms with E-state index < -0.39 is 59.6 Å². The van der Waals surface area contributed by atoms with Gasteiger partial charge in [0.15, 0.2) is 5.78 Å². The van der Waals surface area contributed by atoms with Gasteiger partial charge in [0, 0.05) is 6.54 Å². The highest BCUT2D eigenvalue weighted by molar-refractivity contribution is 6.05. The lowest BCUT2D eigenvalue weighted by Crippen LogP contribution is -2.55. The minimum absolute atomic E-state index is 0.0377. The second kappa shape index (κ2) is 15.1. The number of carbonyl (C=O) groups is 5. The number of amides is 3. The monoisotopic (exact) mass is 525 g/mol. The summed E-state index contributed by atoms with van der Waals surface area (Å²) in [6.07, 6.45) is 1.64. The van der Waals surface area contributed by atoms with Gasteiger partial charge in [-0.15, -0.1) is 0 Å². The molecule has 0 saturated carbocycles. The Morgan fingerprint density at radius 2 is 1.59 bits per heavy atom. The lowest BCUT2D eigenvalue weighted by atomic mass is 9.90. The smallest absolute Gasteiger partial charge is 0.326 e. The average Bonchev–Trinajstić information content (AvgIpc) is 3.30. The third-order valence-corrected chi connectivity index (χ3v) is 7.04. The zero-order chi connectivity index (χ0) is 28.4. The first kappa shape index (κ1) is 32.5. The van der Waals surface area contributed by atoms with E-state index in [0.29, 0.717) is 32.2 Å². The van der Waals surface area contributed by atoms with Gasteiger partial charge in [-0.25, -0.2) is 4.79 Å². The van der Waals surface area contributed by atoms with Gasteiger partial charge in [-0.1, -0.05) is 48.0 Å². The maximum Gasteiger partial charge on any atom is 0.326 e. The Labute approximate surface area is 220 Å². The van der Waals surface area contributed by atoms with Gasteiger partial charge < -0.3 is 25.7 Å². The summed E-state index contributed by atoms with van der Waals surface area (Å²) < 4.78 is 0. The maximum atomic E-state index is 13.2. The van der Waals surface area contributed by atoms with Crippen LogP contribution in [0.1, 0.15) is 87.0 Å². The number of carboxylic acid groups (broad SMARTS) is 1. The van der Waals surface area contributed by atoms with E-state index in [0.717, 1.165) is 6.42 Å². The number of carbonyl (C=O) groups excluding carboxylic acids is 4. The van der Waals surface area contributed by atoms with E-state index in [1.54, 1.807) is 13.8 Å². The van der Waals surface area contributed by atoms with Crippen molar-refractivity contribution in [3.05, 3.63) is 0 Å². The minimum atomic E-state index is -1.14. The first-order valence-electron chi connectivity index (χ1n) is 13.5. The number of ketones is 1. The molecule has 1 aliphatic heterocycles. The molecular weight excluding hydrogens is 478 g/mol. The van der Waals surface area contributed by atoms with Gasteiger partial charge in [-0.3, -0.25) is 19.2 Å². The Balaban J connectivity index is 2.91. The molecule has 1 rings (SSSR count). The van der Waals surface area contributed by atoms with Crippen molar-refractivity contribution in [1.82, 2.24) is 15.5 Å². The van der Waals surface area contributed by atoms with Crippen molar-refractivity contribution in [3.8, 4) is 0 Å². The number of nitrogens with zero attached hydrogens (tertiary/aromatic N) is 1. The van der Waals surface area contributed by atoms with Crippen LogP contribution in [0.25, 0.3) is 0 Å². The number of hydrogen-bond acceptors (Lipinski definition) is 6. The molecule has 0 radical (unpaired) electrons. The standard InChI is InChI=1S/C27H47N3O7/c1-8-17(6)13-19(31)14-22(32)29-23(16(4)5)24(33)18(7)25(34)28-20(12-15(2)3)26(35)30-11-9-10-21(30)27(36)37/h15-21,23,31H,8-14H2,1-7H3,(H,28,34)(H,29,32)(H,36,37)/t17-,18?,19+,20-,21-,23-/m0/s1. The fraction of sp³-hybridized carbons (Fsp3) is 0.815. The van der Waals surface area contributed by atoms with Crippen LogP contribution < -0.4 is 10.6 Å². The molecule has 0 spiro atoms. The van der Waals surface area contributed by atoms with Gasteiger partial charge in [0.2, 0.25) is 17.7 Å². The molecule has 1 unspecified atom stereocenters. The molecule has 1 heterocycles. The van der Waals surface area contributed by atoms with Crippen LogP contribution in [0.3, 0.4) is 0 Å². The first-order valence-corrected chi connectivity index (χ1v) is 13.5. The van der Waals surface area contributed by atoms with Crippen LogP contribution >= 0.6 is 0 Å². The van der Waals surface area contributed by atoms with Crippen LogP contribution in [-0.4, -0.2) is 75.4 Å². The Morgan fingerprint density at radius 3 is 2.11 bits per heavy atom. The van der Waals surface area contributed by atoms with Gasteiger partial charge >= 0.3 is 5.97 Å². The first-order chi connectivity index (χ1) is 17.2. The summed E-state index contributed by atoms with van der Waals surface area (Å²) in [5.74, 6) is -4.27. The Kier molecular flexibility index (Phi) is 13.2. The minimum Gasteiger partial charge on any atom is -0.480 e. The average molecular weight is 526 g/mol. The van der Waals surface area contributed by atoms with Gasteiger partial charge in [0.1, 0.15) is 12.1 Å². The number of Topliss-reactive ketones (excluding diaryl/α,β-unsaturated/α-hetero) is 1. The lowest BCUT2D eigenvalue weighted by molar-refractivity contribution is -0.149. The Hall–Kier alpha value is -2.49. The van der Waals surface area contributed by atoms with Crippen LogP contribution in [0.5, 0.6) is 0 Å². The summed E-state index contributed by atoms with van der Waals surface area (Å²) in [6, 6.07) is -2.81. The molecule has 4 N–H and O–H groups in total. The van der Waals surface area contributed by atoms with E-state index in [2.05, 4.69) is 10.6 Å². The molecule has 37 heavy (non-hydrogen) atoms. The second-order valence-corrected chi connectivity index (χ2v) is 11.2. The third kappa shape index (κ3) is 10.1. The highest BCUT2D eigenvalue weighted by Gasteiger charge is 2.39. The normalized spacial score (nSPS) is 19.7. The number of aliphatic carboxylic acids is 1. The van der Waals surface area contributed by atoms with Gasteiger partial charge in [0.25, 0.3) is 0 Å². The van der Waals surface area contributed by atoms with Crippen LogP contribution in [-0.2, 0) is 24.0 Å². The molecule has 6 atom stereocenters. The molecule has 1 aliphatic rings. The number of carboxylic acids is 1. The largest absolute Gasteiger partial charge is 0.480 e. The molecule has 3 amide bonds. The maximum absolute atomic E-state index is 13.2. The molecule has 1 saturated heterocycles. The van der Waals surface area contributed by atoms with Crippen molar-refractivity contribution in [2.24, 2.45) is 23.7 Å². The summed E-state index contributed by atoms with van der Waals surface area (Å²) >= 11 is 0. The van der Waals surface area contributed by atoms with Crippen molar-refractivity contribution >= 4 is 29.5 Å². The van der Waals surface area contributed by atoms with Gasteiger partial charge in [0.05, 0.1) is 24.5 Å². The van der Waals surface area contributed by atoms with E-state index in [4.69, 9.17) is 0 Å².